The van der Waals surface area contributed by atoms with Gasteiger partial charge in [0, 0.05) is 25.2 Å². The third-order valence-corrected chi connectivity index (χ3v) is 4.84. The summed E-state index contributed by atoms with van der Waals surface area (Å²) < 4.78 is 0. The molecule has 3 heteroatoms. The third kappa shape index (κ3) is 2.35. The molecule has 0 spiro atoms. The summed E-state index contributed by atoms with van der Waals surface area (Å²) in [6, 6.07) is 9.11. The summed E-state index contributed by atoms with van der Waals surface area (Å²) in [5, 5.41) is 3.39. The van der Waals surface area contributed by atoms with Gasteiger partial charge in [-0.2, -0.15) is 0 Å². The van der Waals surface area contributed by atoms with E-state index >= 15 is 0 Å². The predicted octanol–water partition coefficient (Wildman–Crippen LogP) is 2.66. The molecule has 0 saturated carbocycles. The summed E-state index contributed by atoms with van der Waals surface area (Å²) in [4.78, 5) is 15.2. The number of likely N-dealkylation sites (tertiary alicyclic amines) is 1. The van der Waals surface area contributed by atoms with Gasteiger partial charge in [0.2, 0.25) is 5.91 Å². The molecule has 3 nitrogen and oxygen atoms in total. The second-order valence-electron chi connectivity index (χ2n) is 6.26. The average molecular weight is 272 g/mol. The van der Waals surface area contributed by atoms with Gasteiger partial charge in [0.25, 0.3) is 0 Å². The van der Waals surface area contributed by atoms with Crippen molar-refractivity contribution >= 4 is 5.91 Å². The molecule has 1 aromatic carbocycles. The van der Waals surface area contributed by atoms with Crippen LogP contribution in [0.5, 0.6) is 0 Å². The second kappa shape index (κ2) is 5.57. The Labute approximate surface area is 121 Å². The van der Waals surface area contributed by atoms with Crippen LogP contribution in [0, 0.1) is 0 Å². The molecular weight excluding hydrogens is 248 g/mol. The molecule has 20 heavy (non-hydrogen) atoms. The molecule has 3 rings (SSSR count). The highest BCUT2D eigenvalue weighted by Crippen LogP contribution is 2.30. The van der Waals surface area contributed by atoms with Crippen molar-refractivity contribution in [2.75, 3.05) is 6.54 Å². The van der Waals surface area contributed by atoms with E-state index in [9.17, 15) is 4.79 Å². The molecule has 1 fully saturated rings. The van der Waals surface area contributed by atoms with Gasteiger partial charge in [-0.15, -0.1) is 0 Å². The van der Waals surface area contributed by atoms with Crippen LogP contribution in [0.3, 0.4) is 0 Å². The number of rotatable bonds is 1. The highest BCUT2D eigenvalue weighted by atomic mass is 16.2. The Morgan fingerprint density at radius 2 is 1.90 bits per heavy atom. The zero-order valence-electron chi connectivity index (χ0n) is 12.4. The van der Waals surface area contributed by atoms with E-state index in [0.29, 0.717) is 18.0 Å². The number of nitrogens with zero attached hydrogens (tertiary/aromatic N) is 1. The summed E-state index contributed by atoms with van der Waals surface area (Å²) in [7, 11) is 0. The average Bonchev–Trinajstić information content (AvgIpc) is 2.46. The van der Waals surface area contributed by atoms with Crippen molar-refractivity contribution in [1.82, 2.24) is 10.2 Å². The SMILES string of the molecule is C[C@@H]1CCC[C@H](C)N1C(=O)C1CNCc2ccccc21. The number of hydrogen-bond acceptors (Lipinski definition) is 2. The van der Waals surface area contributed by atoms with Gasteiger partial charge in [-0.05, 0) is 44.2 Å². The lowest BCUT2D eigenvalue weighted by Crippen LogP contribution is -2.51. The Hall–Kier alpha value is -1.35. The van der Waals surface area contributed by atoms with E-state index in [0.717, 1.165) is 25.9 Å². The van der Waals surface area contributed by atoms with E-state index in [2.05, 4.69) is 42.3 Å². The quantitative estimate of drug-likeness (QED) is 0.852. The molecule has 1 saturated heterocycles. The molecule has 0 bridgehead atoms. The largest absolute Gasteiger partial charge is 0.337 e. The predicted molar refractivity (Wildman–Crippen MR) is 80.5 cm³/mol. The molecule has 108 valence electrons. The van der Waals surface area contributed by atoms with Crippen molar-refractivity contribution in [3.8, 4) is 0 Å². The minimum atomic E-state index is -0.0112. The Bertz CT molecular complexity index is 490. The maximum Gasteiger partial charge on any atom is 0.231 e. The maximum absolute atomic E-state index is 13.0. The minimum Gasteiger partial charge on any atom is -0.337 e. The number of nitrogens with one attached hydrogen (secondary N) is 1. The molecular formula is C17H24N2O. The molecule has 2 aliphatic rings. The Morgan fingerprint density at radius 1 is 1.20 bits per heavy atom. The van der Waals surface area contributed by atoms with Crippen LogP contribution in [0.15, 0.2) is 24.3 Å². The van der Waals surface area contributed by atoms with Crippen LogP contribution in [0.1, 0.15) is 50.2 Å². The van der Waals surface area contributed by atoms with E-state index in [1.165, 1.54) is 17.5 Å². The number of hydrogen-bond donors (Lipinski definition) is 1. The number of carbonyl (C=O) groups is 1. The minimum absolute atomic E-state index is 0.0112. The van der Waals surface area contributed by atoms with Gasteiger partial charge in [0.15, 0.2) is 0 Å². The van der Waals surface area contributed by atoms with E-state index in [4.69, 9.17) is 0 Å². The number of carbonyl (C=O) groups excluding carboxylic acids is 1. The monoisotopic (exact) mass is 272 g/mol. The Balaban J connectivity index is 1.88. The van der Waals surface area contributed by atoms with Crippen molar-refractivity contribution in [3.63, 3.8) is 0 Å². The molecule has 1 unspecified atom stereocenters. The van der Waals surface area contributed by atoms with E-state index in [1.54, 1.807) is 0 Å². The third-order valence-electron chi connectivity index (χ3n) is 4.84. The number of benzene rings is 1. The first-order valence-corrected chi connectivity index (χ1v) is 7.79. The zero-order valence-corrected chi connectivity index (χ0v) is 12.4. The van der Waals surface area contributed by atoms with Gasteiger partial charge >= 0.3 is 0 Å². The van der Waals surface area contributed by atoms with Crippen LogP contribution in [-0.2, 0) is 11.3 Å². The van der Waals surface area contributed by atoms with Crippen molar-refractivity contribution in [1.29, 1.82) is 0 Å². The number of piperidine rings is 1. The van der Waals surface area contributed by atoms with Crippen LogP contribution in [0.2, 0.25) is 0 Å². The van der Waals surface area contributed by atoms with Gasteiger partial charge in [0.05, 0.1) is 5.92 Å². The lowest BCUT2D eigenvalue weighted by Gasteiger charge is -2.42. The Morgan fingerprint density at radius 3 is 2.65 bits per heavy atom. The van der Waals surface area contributed by atoms with E-state index in [1.807, 2.05) is 6.07 Å². The fraction of sp³-hybridized carbons (Fsp3) is 0.588. The number of fused-ring (bicyclic) bond motifs is 1. The first-order valence-electron chi connectivity index (χ1n) is 7.79. The first-order chi connectivity index (χ1) is 9.68. The maximum atomic E-state index is 13.0. The van der Waals surface area contributed by atoms with Gasteiger partial charge in [-0.25, -0.2) is 0 Å². The fourth-order valence-corrected chi connectivity index (χ4v) is 3.75. The summed E-state index contributed by atoms with van der Waals surface area (Å²) in [5.41, 5.74) is 2.50. The lowest BCUT2D eigenvalue weighted by atomic mass is 9.87. The van der Waals surface area contributed by atoms with Crippen molar-refractivity contribution < 1.29 is 4.79 Å². The van der Waals surface area contributed by atoms with Crippen LogP contribution in [-0.4, -0.2) is 29.4 Å². The first kappa shape index (κ1) is 13.6. The molecule has 1 amide bonds. The van der Waals surface area contributed by atoms with E-state index in [-0.39, 0.29) is 5.92 Å². The standard InChI is InChI=1S/C17H24N2O/c1-12-6-5-7-13(2)19(12)17(20)16-11-18-10-14-8-3-4-9-15(14)16/h3-4,8-9,12-13,16,18H,5-7,10-11H2,1-2H3/t12-,13+,16?. The smallest absolute Gasteiger partial charge is 0.231 e. The molecule has 0 aromatic heterocycles. The topological polar surface area (TPSA) is 32.3 Å². The normalized spacial score (nSPS) is 29.9. The van der Waals surface area contributed by atoms with Crippen molar-refractivity contribution in [3.05, 3.63) is 35.4 Å². The van der Waals surface area contributed by atoms with Crippen LogP contribution >= 0.6 is 0 Å². The molecule has 2 heterocycles. The lowest BCUT2D eigenvalue weighted by molar-refractivity contribution is -0.139. The summed E-state index contributed by atoms with van der Waals surface area (Å²) in [6.07, 6.45) is 3.52. The van der Waals surface area contributed by atoms with Gasteiger partial charge in [-0.3, -0.25) is 4.79 Å². The zero-order chi connectivity index (χ0) is 14.1. The second-order valence-corrected chi connectivity index (χ2v) is 6.26. The number of amides is 1. The highest BCUT2D eigenvalue weighted by molar-refractivity contribution is 5.85. The van der Waals surface area contributed by atoms with Crippen molar-refractivity contribution in [2.24, 2.45) is 0 Å². The van der Waals surface area contributed by atoms with Gasteiger partial charge in [-0.1, -0.05) is 24.3 Å². The Kier molecular flexibility index (Phi) is 3.79. The molecule has 0 radical (unpaired) electrons. The van der Waals surface area contributed by atoms with Crippen LogP contribution < -0.4 is 5.32 Å². The molecule has 3 atom stereocenters. The van der Waals surface area contributed by atoms with Crippen molar-refractivity contribution in [2.45, 2.75) is 57.7 Å². The summed E-state index contributed by atoms with van der Waals surface area (Å²) in [5.74, 6) is 0.298. The van der Waals surface area contributed by atoms with Crippen LogP contribution in [0.4, 0.5) is 0 Å². The molecule has 1 aromatic rings. The fourth-order valence-electron chi connectivity index (χ4n) is 3.75. The molecule has 1 N–H and O–H groups in total. The molecule has 2 aliphatic heterocycles. The van der Waals surface area contributed by atoms with E-state index < -0.39 is 0 Å². The molecule has 0 aliphatic carbocycles. The highest BCUT2D eigenvalue weighted by Gasteiger charge is 2.35. The van der Waals surface area contributed by atoms with Crippen LogP contribution in [0.25, 0.3) is 0 Å². The van der Waals surface area contributed by atoms with Gasteiger partial charge in [0.1, 0.15) is 0 Å². The van der Waals surface area contributed by atoms with Gasteiger partial charge < -0.3 is 10.2 Å². The summed E-state index contributed by atoms with van der Waals surface area (Å²) in [6.45, 7) is 6.03. The summed E-state index contributed by atoms with van der Waals surface area (Å²) >= 11 is 0.